The number of piperidine rings is 1. The number of hydrogen-bond acceptors (Lipinski definition) is 12. The van der Waals surface area contributed by atoms with Crippen molar-refractivity contribution in [3.05, 3.63) is 76.4 Å². The maximum Gasteiger partial charge on any atom is 0.405 e. The zero-order valence-corrected chi connectivity index (χ0v) is 35.2. The second kappa shape index (κ2) is 19.3. The number of imide groups is 1. The zero-order chi connectivity index (χ0) is 45.7. The summed E-state index contributed by atoms with van der Waals surface area (Å²) < 4.78 is 53.8. The van der Waals surface area contributed by atoms with E-state index in [1.165, 1.54) is 29.1 Å². The monoisotopic (exact) mass is 891 g/mol. The maximum atomic E-state index is 13.4. The molecule has 5 heterocycles. The van der Waals surface area contributed by atoms with Gasteiger partial charge in [0.05, 0.1) is 22.8 Å². The molecule has 5 N–H and O–H groups in total. The van der Waals surface area contributed by atoms with E-state index >= 15 is 0 Å². The molecule has 64 heavy (non-hydrogen) atoms. The molecule has 1 aromatic carbocycles. The van der Waals surface area contributed by atoms with Crippen LogP contribution in [0.3, 0.4) is 0 Å². The Hall–Kier alpha value is -6.84. The predicted octanol–water partition coefficient (Wildman–Crippen LogP) is 4.12. The van der Waals surface area contributed by atoms with Crippen LogP contribution < -0.4 is 27.4 Å². The summed E-state index contributed by atoms with van der Waals surface area (Å²) in [7, 11) is 3.44. The van der Waals surface area contributed by atoms with Crippen LogP contribution in [0, 0.1) is 5.92 Å². The van der Waals surface area contributed by atoms with Gasteiger partial charge in [0.25, 0.3) is 11.8 Å². The van der Waals surface area contributed by atoms with Gasteiger partial charge in [-0.05, 0) is 75.1 Å². The number of anilines is 2. The summed E-state index contributed by atoms with van der Waals surface area (Å²) in [5.41, 5.74) is 7.60. The number of nitrogens with one attached hydrogen (secondary N) is 3. The number of fused-ring (bicyclic) bond motifs is 1. The molecule has 1 aliphatic carbocycles. The first-order valence-corrected chi connectivity index (χ1v) is 20.9. The standard InChI is InChI=1S/C42H48F3N11O8/c1-53(17-5-19-63-18-4-7-24-6-3-8-30-35(24)54(2)41(62)56(30)31-13-14-33(57)51-38(31)60)40(61)25-9-11-27(12-10-25)55-21-28(34(52-55)36(46)58)49-37(59)29-22-64-39(50-29)26-15-16-47-32(20-26)48-23-42(43,44)45/h3,6,8,15-16,20-22,25,27,31H,4-5,7,9-14,17-19,23H2,1-2H3,(H2,46,58)(H,47,48)(H,49,59)(H,51,57,60)/t25-,27-,31?. The molecule has 1 saturated carbocycles. The summed E-state index contributed by atoms with van der Waals surface area (Å²) in [6.07, 6.45) is 4.11. The molecular formula is C42H48F3N11O8. The highest BCUT2D eigenvalue weighted by Crippen LogP contribution is 2.34. The molecule has 0 radical (unpaired) electrons. The molecule has 7 rings (SSSR count). The van der Waals surface area contributed by atoms with E-state index in [1.807, 2.05) is 18.2 Å². The van der Waals surface area contributed by atoms with Gasteiger partial charge < -0.3 is 30.4 Å². The van der Waals surface area contributed by atoms with E-state index in [4.69, 9.17) is 14.9 Å². The lowest BCUT2D eigenvalue weighted by molar-refractivity contribution is -0.136. The lowest BCUT2D eigenvalue weighted by Gasteiger charge is -2.30. The Labute approximate surface area is 363 Å². The molecule has 1 unspecified atom stereocenters. The minimum absolute atomic E-state index is 0.0279. The van der Waals surface area contributed by atoms with Gasteiger partial charge in [-0.25, -0.2) is 14.8 Å². The van der Waals surface area contributed by atoms with Crippen molar-refractivity contribution in [2.75, 3.05) is 44.0 Å². The van der Waals surface area contributed by atoms with E-state index in [2.05, 4.69) is 31.0 Å². The average molecular weight is 892 g/mol. The van der Waals surface area contributed by atoms with E-state index in [1.54, 1.807) is 28.2 Å². The van der Waals surface area contributed by atoms with Gasteiger partial charge in [-0.15, -0.1) is 0 Å². The van der Waals surface area contributed by atoms with Crippen molar-refractivity contribution < 1.29 is 46.3 Å². The molecule has 1 saturated heterocycles. The van der Waals surface area contributed by atoms with Gasteiger partial charge in [-0.1, -0.05) is 12.1 Å². The largest absolute Gasteiger partial charge is 0.444 e. The van der Waals surface area contributed by atoms with Crippen LogP contribution in [0.2, 0.25) is 0 Å². The van der Waals surface area contributed by atoms with Gasteiger partial charge in [-0.3, -0.25) is 43.1 Å². The molecule has 340 valence electrons. The number of nitrogens with zero attached hydrogens (tertiary/aromatic N) is 7. The highest BCUT2D eigenvalue weighted by molar-refractivity contribution is 6.07. The molecule has 0 spiro atoms. The number of benzene rings is 1. The third-order valence-electron chi connectivity index (χ3n) is 11.4. The SMILES string of the molecule is CN(CCCOCCCc1cccc2c1n(C)c(=O)n2C1CCC(=O)NC1=O)C(=O)[C@H]1CC[C@H](n2cc(NC(=O)c3coc(-c4ccnc(NCC(F)(F)F)c4)n3)c(C(N)=O)n2)CC1. The number of aryl methyl sites for hydroxylation is 2. The minimum Gasteiger partial charge on any atom is -0.444 e. The van der Waals surface area contributed by atoms with Crippen LogP contribution in [0.4, 0.5) is 24.7 Å². The predicted molar refractivity (Wildman–Crippen MR) is 224 cm³/mol. The number of carbonyl (C=O) groups excluding carboxylic acids is 5. The highest BCUT2D eigenvalue weighted by Gasteiger charge is 2.33. The molecule has 22 heteroatoms. The summed E-state index contributed by atoms with van der Waals surface area (Å²) in [6.45, 7) is 0.142. The molecule has 0 bridgehead atoms. The number of pyridine rings is 1. The number of carbonyl (C=O) groups is 5. The van der Waals surface area contributed by atoms with Crippen molar-refractivity contribution in [1.29, 1.82) is 0 Å². The fraction of sp³-hybridized carbons (Fsp3) is 0.452. The summed E-state index contributed by atoms with van der Waals surface area (Å²) in [5, 5.41) is 11.4. The fourth-order valence-corrected chi connectivity index (χ4v) is 8.23. The average Bonchev–Trinajstić information content (AvgIpc) is 4.00. The summed E-state index contributed by atoms with van der Waals surface area (Å²) in [5.74, 6) is -2.72. The Kier molecular flexibility index (Phi) is 13.6. The van der Waals surface area contributed by atoms with E-state index in [0.717, 1.165) is 17.3 Å². The summed E-state index contributed by atoms with van der Waals surface area (Å²) in [4.78, 5) is 86.0. The Morgan fingerprint density at radius 1 is 1.06 bits per heavy atom. The first kappa shape index (κ1) is 45.2. The van der Waals surface area contributed by atoms with Gasteiger partial charge >= 0.3 is 11.9 Å². The normalized spacial score (nSPS) is 17.9. The third-order valence-corrected chi connectivity index (χ3v) is 11.4. The number of nitrogens with two attached hydrogens (primary N) is 1. The molecule has 19 nitrogen and oxygen atoms in total. The Balaban J connectivity index is 0.845. The number of alkyl halides is 3. The Bertz CT molecular complexity index is 2610. The van der Waals surface area contributed by atoms with Crippen molar-refractivity contribution in [2.24, 2.45) is 18.7 Å². The van der Waals surface area contributed by atoms with Gasteiger partial charge in [0.1, 0.15) is 24.7 Å². The van der Waals surface area contributed by atoms with Gasteiger partial charge in [-0.2, -0.15) is 18.3 Å². The fourth-order valence-electron chi connectivity index (χ4n) is 8.23. The van der Waals surface area contributed by atoms with E-state index in [0.29, 0.717) is 70.2 Å². The molecular weight excluding hydrogens is 844 g/mol. The van der Waals surface area contributed by atoms with E-state index in [-0.39, 0.29) is 76.7 Å². The first-order valence-electron chi connectivity index (χ1n) is 20.9. The van der Waals surface area contributed by atoms with Gasteiger partial charge in [0.15, 0.2) is 11.4 Å². The van der Waals surface area contributed by atoms with Crippen LogP contribution in [0.25, 0.3) is 22.5 Å². The van der Waals surface area contributed by atoms with Crippen LogP contribution >= 0.6 is 0 Å². The quantitative estimate of drug-likeness (QED) is 0.0762. The molecule has 5 aromatic rings. The third kappa shape index (κ3) is 10.3. The first-order chi connectivity index (χ1) is 30.6. The number of hydrogen-bond donors (Lipinski definition) is 4. The topological polar surface area (TPSA) is 244 Å². The highest BCUT2D eigenvalue weighted by atomic mass is 19.4. The summed E-state index contributed by atoms with van der Waals surface area (Å²) in [6, 6.07) is 7.44. The number of primary amides is 1. The Morgan fingerprint density at radius 2 is 1.83 bits per heavy atom. The number of aromatic nitrogens is 6. The van der Waals surface area contributed by atoms with Crippen molar-refractivity contribution in [3.63, 3.8) is 0 Å². The summed E-state index contributed by atoms with van der Waals surface area (Å²) >= 11 is 0. The van der Waals surface area contributed by atoms with Crippen LogP contribution in [0.1, 0.15) is 90.0 Å². The number of halogens is 3. The lowest BCUT2D eigenvalue weighted by Crippen LogP contribution is -2.44. The molecule has 2 aliphatic rings. The molecule has 4 aromatic heterocycles. The molecule has 5 amide bonds. The van der Waals surface area contributed by atoms with Crippen LogP contribution in [-0.2, 0) is 32.6 Å². The second-order valence-corrected chi connectivity index (χ2v) is 15.9. The van der Waals surface area contributed by atoms with Crippen molar-refractivity contribution in [1.82, 2.24) is 39.1 Å². The van der Waals surface area contributed by atoms with Gasteiger partial charge in [0.2, 0.25) is 23.6 Å². The van der Waals surface area contributed by atoms with Crippen LogP contribution in [0.5, 0.6) is 0 Å². The molecule has 2 fully saturated rings. The zero-order valence-electron chi connectivity index (χ0n) is 35.2. The number of amides is 5. The van der Waals surface area contributed by atoms with E-state index < -0.39 is 36.5 Å². The molecule has 1 atom stereocenters. The number of para-hydroxylation sites is 1. The van der Waals surface area contributed by atoms with E-state index in [9.17, 15) is 41.9 Å². The maximum absolute atomic E-state index is 13.4. The number of oxazole rings is 1. The lowest BCUT2D eigenvalue weighted by atomic mass is 9.85. The minimum atomic E-state index is -4.45. The van der Waals surface area contributed by atoms with Crippen molar-refractivity contribution in [3.8, 4) is 11.5 Å². The van der Waals surface area contributed by atoms with Crippen LogP contribution in [-0.4, -0.2) is 103 Å². The van der Waals surface area contributed by atoms with Crippen LogP contribution in [0.15, 0.2) is 58.2 Å². The molecule has 1 aliphatic heterocycles. The van der Waals surface area contributed by atoms with Crippen molar-refractivity contribution >= 4 is 52.1 Å². The smallest absolute Gasteiger partial charge is 0.405 e. The number of imidazole rings is 1. The second-order valence-electron chi connectivity index (χ2n) is 15.9. The van der Waals surface area contributed by atoms with Gasteiger partial charge in [0, 0.05) is 64.1 Å². The Morgan fingerprint density at radius 3 is 2.56 bits per heavy atom. The number of ether oxygens (including phenoxy) is 1. The van der Waals surface area contributed by atoms with Crippen molar-refractivity contribution in [2.45, 2.75) is 76.0 Å². The number of rotatable bonds is 17.